The predicted octanol–water partition coefficient (Wildman–Crippen LogP) is -0.436. The van der Waals surface area contributed by atoms with Crippen molar-refractivity contribution in [3.63, 3.8) is 0 Å². The molecule has 0 saturated carbocycles. The van der Waals surface area contributed by atoms with Crippen molar-refractivity contribution >= 4 is 10.4 Å². The molecule has 9 heteroatoms. The first-order valence-corrected chi connectivity index (χ1v) is 2.30. The number of hydrogen-bond donors (Lipinski definition) is 5. The van der Waals surface area contributed by atoms with Crippen LogP contribution in [0.2, 0.25) is 0 Å². The fourth-order valence-electron chi connectivity index (χ4n) is 0. The van der Waals surface area contributed by atoms with Crippen LogP contribution in [0.1, 0.15) is 0 Å². The zero-order valence-corrected chi connectivity index (χ0v) is 5.28. The topological polar surface area (TPSA) is 182 Å². The average Bonchev–Trinajstić information content (AvgIpc) is 1.36. The van der Waals surface area contributed by atoms with Crippen molar-refractivity contribution in [1.29, 1.82) is 0 Å². The van der Waals surface area contributed by atoms with Gasteiger partial charge in [0.25, 0.3) is 0 Å². The molecule has 0 unspecified atom stereocenters. The Labute approximate surface area is 51.1 Å². The Bertz CT molecular complexity index is 92.1. The Morgan fingerprint density at radius 1 is 1.00 bits per heavy atom. The summed E-state index contributed by atoms with van der Waals surface area (Å²) < 4.78 is 31.6. The molecule has 0 aliphatic carbocycles. The van der Waals surface area contributed by atoms with Crippen LogP contribution >= 0.6 is 0 Å². The lowest BCUT2D eigenvalue weighted by atomic mass is 14.0. The van der Waals surface area contributed by atoms with Gasteiger partial charge in [-0.25, -0.2) is 0 Å². The third-order valence-corrected chi connectivity index (χ3v) is 0. The molecular formula is H9NO7S. The molecule has 0 amide bonds. The minimum absolute atomic E-state index is 0. The monoisotopic (exact) mass is 167 g/mol. The van der Waals surface area contributed by atoms with Crippen LogP contribution in [-0.4, -0.2) is 33.5 Å². The molecule has 9 heavy (non-hydrogen) atoms. The van der Waals surface area contributed by atoms with Crippen LogP contribution in [0.5, 0.6) is 0 Å². The van der Waals surface area contributed by atoms with E-state index in [2.05, 4.69) is 0 Å². The lowest BCUT2D eigenvalue weighted by Gasteiger charge is -1.68. The maximum absolute atomic E-state index is 8.74. The lowest BCUT2D eigenvalue weighted by Crippen LogP contribution is -1.89. The Balaban J connectivity index is -0.0000000286. The van der Waals surface area contributed by atoms with Gasteiger partial charge in [0, 0.05) is 0 Å². The molecule has 0 aliphatic heterocycles. The molecule has 9 N–H and O–H groups in total. The summed E-state index contributed by atoms with van der Waals surface area (Å²) in [5.74, 6) is 0. The molecular weight excluding hydrogens is 158 g/mol. The summed E-state index contributed by atoms with van der Waals surface area (Å²) in [5.41, 5.74) is 0. The number of rotatable bonds is 0. The van der Waals surface area contributed by atoms with E-state index in [4.69, 9.17) is 28.0 Å². The van der Waals surface area contributed by atoms with Crippen LogP contribution in [0.4, 0.5) is 0 Å². The summed E-state index contributed by atoms with van der Waals surface area (Å²) in [6, 6.07) is 0. The van der Waals surface area contributed by atoms with Crippen molar-refractivity contribution in [3.8, 4) is 0 Å². The molecule has 62 valence electrons. The van der Waals surface area contributed by atoms with E-state index in [1.165, 1.54) is 0 Å². The van der Waals surface area contributed by atoms with Gasteiger partial charge in [-0.1, -0.05) is 0 Å². The first kappa shape index (κ1) is 23.3. The molecule has 0 aliphatic rings. The molecule has 0 atom stereocenters. The SMILES string of the molecule is O=S(=O)(O)O.OO.[NH4+].[OH-]. The van der Waals surface area contributed by atoms with E-state index >= 15 is 0 Å². The molecule has 0 aromatic rings. The van der Waals surface area contributed by atoms with Gasteiger partial charge in [0.05, 0.1) is 0 Å². The van der Waals surface area contributed by atoms with Gasteiger partial charge in [-0.15, -0.1) is 0 Å². The molecule has 0 spiro atoms. The van der Waals surface area contributed by atoms with Gasteiger partial charge < -0.3 is 11.6 Å². The highest BCUT2D eigenvalue weighted by Crippen LogP contribution is 1.59. The molecule has 0 bridgehead atoms. The summed E-state index contributed by atoms with van der Waals surface area (Å²) in [6.45, 7) is 0. The molecule has 0 aromatic carbocycles. The molecule has 0 fully saturated rings. The summed E-state index contributed by atoms with van der Waals surface area (Å²) in [5, 5.41) is 12.0. The quantitative estimate of drug-likeness (QED) is 0.184. The highest BCUT2D eigenvalue weighted by molar-refractivity contribution is 7.79. The van der Waals surface area contributed by atoms with Crippen LogP contribution in [0, 0.1) is 0 Å². The fraction of sp³-hybridized carbons (Fsp3) is 0. The molecule has 0 aromatic heterocycles. The van der Waals surface area contributed by atoms with Gasteiger partial charge in [-0.3, -0.25) is 19.6 Å². The van der Waals surface area contributed by atoms with Crippen molar-refractivity contribution in [2.24, 2.45) is 0 Å². The Kier molecular flexibility index (Phi) is 27.6. The zero-order valence-electron chi connectivity index (χ0n) is 4.46. The highest BCUT2D eigenvalue weighted by Gasteiger charge is 1.84. The van der Waals surface area contributed by atoms with Crippen molar-refractivity contribution in [2.45, 2.75) is 0 Å². The minimum Gasteiger partial charge on any atom is -0.870 e. The van der Waals surface area contributed by atoms with Gasteiger partial charge in [0.15, 0.2) is 0 Å². The number of hydrogen-bond acceptors (Lipinski definition) is 5. The Morgan fingerprint density at radius 3 is 1.00 bits per heavy atom. The summed E-state index contributed by atoms with van der Waals surface area (Å²) in [6.07, 6.45) is 0. The van der Waals surface area contributed by atoms with E-state index in [1.54, 1.807) is 0 Å². The third kappa shape index (κ3) is 2990. The highest BCUT2D eigenvalue weighted by atomic mass is 32.3. The van der Waals surface area contributed by atoms with Crippen molar-refractivity contribution in [1.82, 2.24) is 6.15 Å². The second-order valence-electron chi connectivity index (χ2n) is 0.448. The van der Waals surface area contributed by atoms with Gasteiger partial charge in [0.2, 0.25) is 0 Å². The van der Waals surface area contributed by atoms with Gasteiger partial charge >= 0.3 is 10.4 Å². The van der Waals surface area contributed by atoms with E-state index in [1.807, 2.05) is 0 Å². The lowest BCUT2D eigenvalue weighted by molar-refractivity contribution is -0.176. The maximum Gasteiger partial charge on any atom is 0.394 e. The van der Waals surface area contributed by atoms with Gasteiger partial charge in [-0.05, 0) is 0 Å². The first-order chi connectivity index (χ1) is 3.00. The van der Waals surface area contributed by atoms with Gasteiger partial charge in [-0.2, -0.15) is 8.42 Å². The second kappa shape index (κ2) is 10.6. The Morgan fingerprint density at radius 2 is 1.00 bits per heavy atom. The van der Waals surface area contributed by atoms with Crippen LogP contribution in [0.25, 0.3) is 0 Å². The smallest absolute Gasteiger partial charge is 0.394 e. The predicted molar refractivity (Wildman–Crippen MR) is 27.4 cm³/mol. The van der Waals surface area contributed by atoms with Gasteiger partial charge in [0.1, 0.15) is 0 Å². The van der Waals surface area contributed by atoms with Crippen LogP contribution < -0.4 is 6.15 Å². The molecule has 0 heterocycles. The van der Waals surface area contributed by atoms with Crippen LogP contribution in [0.3, 0.4) is 0 Å². The summed E-state index contributed by atoms with van der Waals surface area (Å²) in [4.78, 5) is 0. The van der Waals surface area contributed by atoms with E-state index in [9.17, 15) is 0 Å². The third-order valence-electron chi connectivity index (χ3n) is 0. The largest absolute Gasteiger partial charge is 0.870 e. The van der Waals surface area contributed by atoms with Crippen LogP contribution in [-0.2, 0) is 10.4 Å². The summed E-state index contributed by atoms with van der Waals surface area (Å²) in [7, 11) is -4.67. The molecule has 0 radical (unpaired) electrons. The van der Waals surface area contributed by atoms with E-state index < -0.39 is 10.4 Å². The number of quaternary nitrogens is 1. The Hall–Kier alpha value is -0.290. The molecule has 8 nitrogen and oxygen atoms in total. The summed E-state index contributed by atoms with van der Waals surface area (Å²) >= 11 is 0. The van der Waals surface area contributed by atoms with E-state index in [-0.39, 0.29) is 11.6 Å². The fourth-order valence-corrected chi connectivity index (χ4v) is 0. The molecule has 0 rings (SSSR count). The normalized spacial score (nSPS) is 7.11. The standard InChI is InChI=1S/H3N.H2O4S.H2O2.H2O/c;1-5(2,3)4;1-2;/h1H3;(H2,1,2,3,4);1-2H;1H2. The minimum atomic E-state index is -4.67. The van der Waals surface area contributed by atoms with E-state index in [0.717, 1.165) is 0 Å². The van der Waals surface area contributed by atoms with Crippen LogP contribution in [0.15, 0.2) is 0 Å². The van der Waals surface area contributed by atoms with E-state index in [0.29, 0.717) is 0 Å². The molecule has 0 saturated heterocycles. The van der Waals surface area contributed by atoms with Crippen molar-refractivity contribution < 1.29 is 33.5 Å². The van der Waals surface area contributed by atoms with Crippen molar-refractivity contribution in [2.75, 3.05) is 0 Å². The maximum atomic E-state index is 8.74. The zero-order chi connectivity index (χ0) is 6.50. The van der Waals surface area contributed by atoms with Crippen molar-refractivity contribution in [3.05, 3.63) is 0 Å². The second-order valence-corrected chi connectivity index (χ2v) is 1.34. The average molecular weight is 167 g/mol. The first-order valence-electron chi connectivity index (χ1n) is 0.898.